The van der Waals surface area contributed by atoms with Gasteiger partial charge in [-0.2, -0.15) is 13.2 Å². The predicted octanol–water partition coefficient (Wildman–Crippen LogP) is 3.42. The van der Waals surface area contributed by atoms with Gasteiger partial charge in [-0.1, -0.05) is 0 Å². The molecule has 0 spiro atoms. The van der Waals surface area contributed by atoms with Gasteiger partial charge in [0.25, 0.3) is 0 Å². The molecule has 0 aliphatic carbocycles. The fourth-order valence-electron chi connectivity index (χ4n) is 1.65. The molecule has 0 aliphatic heterocycles. The lowest BCUT2D eigenvalue weighted by Gasteiger charge is -2.13. The van der Waals surface area contributed by atoms with Crippen LogP contribution in [0.2, 0.25) is 0 Å². The number of alkyl halides is 3. The molecule has 0 atom stereocenters. The van der Waals surface area contributed by atoms with E-state index >= 15 is 0 Å². The van der Waals surface area contributed by atoms with Crippen LogP contribution in [0.4, 0.5) is 19.0 Å². The molecule has 2 aromatic rings. The van der Waals surface area contributed by atoms with Crippen LogP contribution >= 0.6 is 0 Å². The number of halogens is 3. The normalized spacial score (nSPS) is 11.4. The average Bonchev–Trinajstić information content (AvgIpc) is 2.37. The highest BCUT2D eigenvalue weighted by Crippen LogP contribution is 2.33. The number of rotatable bonds is 3. The van der Waals surface area contributed by atoms with Gasteiger partial charge in [-0.3, -0.25) is 4.98 Å². The molecule has 19 heavy (non-hydrogen) atoms. The molecule has 2 heterocycles. The summed E-state index contributed by atoms with van der Waals surface area (Å²) in [6, 6.07) is 4.04. The largest absolute Gasteiger partial charge is 0.419 e. The second-order valence-corrected chi connectivity index (χ2v) is 4.05. The van der Waals surface area contributed by atoms with Crippen LogP contribution in [0, 0.1) is 6.92 Å². The molecule has 0 fully saturated rings. The van der Waals surface area contributed by atoms with Gasteiger partial charge in [-0.15, -0.1) is 0 Å². The molecular weight excluding hydrogens is 255 g/mol. The molecule has 2 rings (SSSR count). The summed E-state index contributed by atoms with van der Waals surface area (Å²) in [7, 11) is 0. The number of hydrogen-bond donors (Lipinski definition) is 1. The summed E-state index contributed by atoms with van der Waals surface area (Å²) >= 11 is 0. The highest BCUT2D eigenvalue weighted by molar-refractivity contribution is 5.46. The first-order valence-electron chi connectivity index (χ1n) is 5.64. The minimum Gasteiger partial charge on any atom is -0.365 e. The summed E-state index contributed by atoms with van der Waals surface area (Å²) in [5.74, 6) is -0.161. The van der Waals surface area contributed by atoms with E-state index in [1.54, 1.807) is 18.5 Å². The van der Waals surface area contributed by atoms with Gasteiger partial charge in [0.2, 0.25) is 0 Å². The first-order valence-corrected chi connectivity index (χ1v) is 5.64. The van der Waals surface area contributed by atoms with E-state index in [1.165, 1.54) is 12.3 Å². The highest BCUT2D eigenvalue weighted by Gasteiger charge is 2.33. The molecule has 6 heteroatoms. The van der Waals surface area contributed by atoms with Crippen molar-refractivity contribution in [1.29, 1.82) is 0 Å². The minimum atomic E-state index is -4.41. The summed E-state index contributed by atoms with van der Waals surface area (Å²) < 4.78 is 38.3. The van der Waals surface area contributed by atoms with Gasteiger partial charge < -0.3 is 5.32 Å². The van der Waals surface area contributed by atoms with Crippen LogP contribution < -0.4 is 5.32 Å². The number of aryl methyl sites for hydroxylation is 1. The maximum absolute atomic E-state index is 12.8. The first-order chi connectivity index (χ1) is 8.98. The van der Waals surface area contributed by atoms with Crippen molar-refractivity contribution in [3.05, 3.63) is 53.5 Å². The van der Waals surface area contributed by atoms with Crippen molar-refractivity contribution < 1.29 is 13.2 Å². The molecule has 3 nitrogen and oxygen atoms in total. The summed E-state index contributed by atoms with van der Waals surface area (Å²) in [5, 5.41) is 2.72. The topological polar surface area (TPSA) is 37.8 Å². The third-order valence-corrected chi connectivity index (χ3v) is 2.70. The average molecular weight is 267 g/mol. The summed E-state index contributed by atoms with van der Waals surface area (Å²) in [4.78, 5) is 7.68. The van der Waals surface area contributed by atoms with Gasteiger partial charge in [-0.05, 0) is 36.2 Å². The van der Waals surface area contributed by atoms with Gasteiger partial charge >= 0.3 is 6.18 Å². The maximum Gasteiger partial charge on any atom is 0.419 e. The van der Waals surface area contributed by atoms with Crippen molar-refractivity contribution in [2.45, 2.75) is 19.6 Å². The molecular formula is C13H12F3N3. The Morgan fingerprint density at radius 1 is 1.21 bits per heavy atom. The van der Waals surface area contributed by atoms with E-state index in [-0.39, 0.29) is 12.4 Å². The second-order valence-electron chi connectivity index (χ2n) is 4.05. The molecule has 0 aliphatic rings. The Labute approximate surface area is 108 Å². The molecule has 0 amide bonds. The van der Waals surface area contributed by atoms with E-state index in [0.717, 1.165) is 17.2 Å². The monoisotopic (exact) mass is 267 g/mol. The zero-order chi connectivity index (χ0) is 13.9. The fourth-order valence-corrected chi connectivity index (χ4v) is 1.65. The predicted molar refractivity (Wildman–Crippen MR) is 65.5 cm³/mol. The molecule has 0 unspecified atom stereocenters. The number of nitrogens with one attached hydrogen (secondary N) is 1. The summed E-state index contributed by atoms with van der Waals surface area (Å²) in [5.41, 5.74) is 1.04. The Morgan fingerprint density at radius 3 is 2.68 bits per heavy atom. The quantitative estimate of drug-likeness (QED) is 0.926. The molecule has 100 valence electrons. The number of hydrogen-bond acceptors (Lipinski definition) is 3. The summed E-state index contributed by atoms with van der Waals surface area (Å²) in [6.45, 7) is 2.13. The standard InChI is InChI=1S/C13H12F3N3/c1-9-7-17-6-4-10(9)8-19-12-11(13(14,15)16)3-2-5-18-12/h2-7H,8H2,1H3,(H,18,19). The van der Waals surface area contributed by atoms with E-state index in [1.807, 2.05) is 6.92 Å². The van der Waals surface area contributed by atoms with Crippen LogP contribution in [0.15, 0.2) is 36.8 Å². The van der Waals surface area contributed by atoms with Gasteiger partial charge in [0.15, 0.2) is 0 Å². The fraction of sp³-hybridized carbons (Fsp3) is 0.231. The van der Waals surface area contributed by atoms with Crippen molar-refractivity contribution in [3.8, 4) is 0 Å². The number of pyridine rings is 2. The van der Waals surface area contributed by atoms with Crippen LogP contribution in [-0.4, -0.2) is 9.97 Å². The van der Waals surface area contributed by atoms with Crippen LogP contribution in [-0.2, 0) is 12.7 Å². The molecule has 2 aromatic heterocycles. The first kappa shape index (κ1) is 13.3. The molecule has 0 saturated carbocycles. The lowest BCUT2D eigenvalue weighted by Crippen LogP contribution is -2.12. The maximum atomic E-state index is 12.8. The minimum absolute atomic E-state index is 0.161. The second kappa shape index (κ2) is 5.26. The Hall–Kier alpha value is -2.11. The van der Waals surface area contributed by atoms with E-state index in [4.69, 9.17) is 0 Å². The highest BCUT2D eigenvalue weighted by atomic mass is 19.4. The Bertz CT molecular complexity index is 567. The zero-order valence-corrected chi connectivity index (χ0v) is 10.2. The van der Waals surface area contributed by atoms with Crippen LogP contribution in [0.25, 0.3) is 0 Å². The SMILES string of the molecule is Cc1cnccc1CNc1ncccc1C(F)(F)F. The van der Waals surface area contributed by atoms with Crippen LogP contribution in [0.1, 0.15) is 16.7 Å². The third-order valence-electron chi connectivity index (χ3n) is 2.70. The smallest absolute Gasteiger partial charge is 0.365 e. The third kappa shape index (κ3) is 3.21. The van der Waals surface area contributed by atoms with Gasteiger partial charge in [-0.25, -0.2) is 4.98 Å². The van der Waals surface area contributed by atoms with Gasteiger partial charge in [0.1, 0.15) is 5.82 Å². The number of nitrogens with zero attached hydrogens (tertiary/aromatic N) is 2. The lowest BCUT2D eigenvalue weighted by atomic mass is 10.1. The van der Waals surface area contributed by atoms with E-state index in [2.05, 4.69) is 15.3 Å². The van der Waals surface area contributed by atoms with E-state index in [9.17, 15) is 13.2 Å². The Morgan fingerprint density at radius 2 is 2.00 bits per heavy atom. The summed E-state index contributed by atoms with van der Waals surface area (Å²) in [6.07, 6.45) is 0.189. The number of anilines is 1. The van der Waals surface area contributed by atoms with Crippen molar-refractivity contribution in [2.75, 3.05) is 5.32 Å². The molecule has 0 aromatic carbocycles. The number of aromatic nitrogens is 2. The molecule has 0 radical (unpaired) electrons. The molecule has 1 N–H and O–H groups in total. The van der Waals surface area contributed by atoms with Gasteiger partial charge in [0, 0.05) is 25.1 Å². The zero-order valence-electron chi connectivity index (χ0n) is 10.2. The van der Waals surface area contributed by atoms with Gasteiger partial charge in [0.05, 0.1) is 5.56 Å². The van der Waals surface area contributed by atoms with Crippen LogP contribution in [0.3, 0.4) is 0 Å². The molecule has 0 saturated heterocycles. The van der Waals surface area contributed by atoms with Crippen molar-refractivity contribution in [1.82, 2.24) is 9.97 Å². The Kier molecular flexibility index (Phi) is 3.69. The van der Waals surface area contributed by atoms with Crippen molar-refractivity contribution in [2.24, 2.45) is 0 Å². The van der Waals surface area contributed by atoms with E-state index < -0.39 is 11.7 Å². The Balaban J connectivity index is 2.19. The van der Waals surface area contributed by atoms with E-state index in [0.29, 0.717) is 0 Å². The van der Waals surface area contributed by atoms with Crippen molar-refractivity contribution in [3.63, 3.8) is 0 Å². The van der Waals surface area contributed by atoms with Crippen LogP contribution in [0.5, 0.6) is 0 Å². The van der Waals surface area contributed by atoms with Crippen molar-refractivity contribution >= 4 is 5.82 Å². The molecule has 0 bridgehead atoms. The lowest BCUT2D eigenvalue weighted by molar-refractivity contribution is -0.137.